The normalized spacial score (nSPS) is 11.9. The van der Waals surface area contributed by atoms with Gasteiger partial charge in [-0.15, -0.1) is 0 Å². The predicted molar refractivity (Wildman–Crippen MR) is 234 cm³/mol. The minimum atomic E-state index is 0.642. The second kappa shape index (κ2) is 12.0. The van der Waals surface area contributed by atoms with Crippen LogP contribution < -0.4 is 0 Å². The van der Waals surface area contributed by atoms with E-state index in [2.05, 4.69) is 203 Å². The quantitative estimate of drug-likeness (QED) is 0.170. The Labute approximate surface area is 322 Å². The fourth-order valence-corrected chi connectivity index (χ4v) is 9.20. The summed E-state index contributed by atoms with van der Waals surface area (Å²) in [7, 11) is 0. The Bertz CT molecular complexity index is 3450. The van der Waals surface area contributed by atoms with E-state index in [1.807, 2.05) is 0 Å². The molecule has 3 aromatic heterocycles. The van der Waals surface area contributed by atoms with E-state index >= 15 is 0 Å². The maximum Gasteiger partial charge on any atom is 0.235 e. The van der Waals surface area contributed by atoms with Gasteiger partial charge in [-0.2, -0.15) is 0 Å². The van der Waals surface area contributed by atoms with Crippen molar-refractivity contribution in [1.29, 1.82) is 0 Å². The highest BCUT2D eigenvalue weighted by atomic mass is 15.2. The van der Waals surface area contributed by atoms with Crippen LogP contribution in [-0.4, -0.2) is 19.1 Å². The molecule has 0 unspecified atom stereocenters. The van der Waals surface area contributed by atoms with Gasteiger partial charge in [0.15, 0.2) is 0 Å². The van der Waals surface area contributed by atoms with Crippen LogP contribution >= 0.6 is 0 Å². The van der Waals surface area contributed by atoms with Gasteiger partial charge in [-0.05, 0) is 46.5 Å². The summed E-state index contributed by atoms with van der Waals surface area (Å²) >= 11 is 0. The van der Waals surface area contributed by atoms with Crippen LogP contribution in [0.1, 0.15) is 0 Å². The molecule has 3 heterocycles. The molecule has 260 valence electrons. The van der Waals surface area contributed by atoms with Crippen molar-refractivity contribution in [2.75, 3.05) is 0 Å². The maximum atomic E-state index is 5.44. The molecule has 0 fully saturated rings. The number of hydrogen-bond acceptors (Lipinski definition) is 2. The molecule has 0 bridgehead atoms. The fourth-order valence-electron chi connectivity index (χ4n) is 9.20. The number of benzene rings is 9. The van der Waals surface area contributed by atoms with Gasteiger partial charge < -0.3 is 4.57 Å². The van der Waals surface area contributed by atoms with Crippen LogP contribution in [0, 0.1) is 0 Å². The molecule has 0 saturated carbocycles. The highest BCUT2D eigenvalue weighted by molar-refractivity contribution is 6.44. The summed E-state index contributed by atoms with van der Waals surface area (Å²) in [6.07, 6.45) is 0. The first kappa shape index (κ1) is 30.9. The summed E-state index contributed by atoms with van der Waals surface area (Å²) in [5.41, 5.74) is 9.56. The zero-order valence-corrected chi connectivity index (χ0v) is 30.3. The monoisotopic (exact) mass is 712 g/mol. The lowest BCUT2D eigenvalue weighted by molar-refractivity contribution is 0.998. The van der Waals surface area contributed by atoms with Gasteiger partial charge in [0, 0.05) is 54.5 Å². The lowest BCUT2D eigenvalue weighted by Gasteiger charge is -2.17. The van der Waals surface area contributed by atoms with Crippen LogP contribution in [0.2, 0.25) is 0 Å². The largest absolute Gasteiger partial charge is 0.309 e. The van der Waals surface area contributed by atoms with Crippen LogP contribution in [0.4, 0.5) is 0 Å². The van der Waals surface area contributed by atoms with Gasteiger partial charge in [0.05, 0.1) is 33.5 Å². The lowest BCUT2D eigenvalue weighted by Crippen LogP contribution is -2.04. The molecule has 0 spiro atoms. The van der Waals surface area contributed by atoms with Crippen molar-refractivity contribution in [2.45, 2.75) is 0 Å². The van der Waals surface area contributed by atoms with Crippen molar-refractivity contribution in [2.24, 2.45) is 0 Å². The first-order valence-electron chi connectivity index (χ1n) is 19.1. The summed E-state index contributed by atoms with van der Waals surface area (Å²) in [4.78, 5) is 10.9. The SMILES string of the molecule is c1ccc(-c2cc(-c3ccccc3)nc(-n3c4ccccc4c4c5ccccc5c5c6c7ccccc7n(-c7ccccc7)c6c6ccccc6c5c43)n2)cc1. The van der Waals surface area contributed by atoms with Crippen molar-refractivity contribution in [1.82, 2.24) is 19.1 Å². The van der Waals surface area contributed by atoms with Gasteiger partial charge in [0.1, 0.15) is 0 Å². The zero-order chi connectivity index (χ0) is 36.7. The van der Waals surface area contributed by atoms with Crippen LogP contribution in [-0.2, 0) is 0 Å². The first-order chi connectivity index (χ1) is 27.8. The highest BCUT2D eigenvalue weighted by Crippen LogP contribution is 2.50. The molecule has 0 aliphatic rings. The Morgan fingerprint density at radius 3 is 1.30 bits per heavy atom. The van der Waals surface area contributed by atoms with Crippen LogP contribution in [0.5, 0.6) is 0 Å². The Hall–Kier alpha value is -7.56. The van der Waals surface area contributed by atoms with Crippen LogP contribution in [0.3, 0.4) is 0 Å². The van der Waals surface area contributed by atoms with Gasteiger partial charge in [-0.1, -0.05) is 164 Å². The molecule has 0 aliphatic carbocycles. The van der Waals surface area contributed by atoms with Gasteiger partial charge in [0.2, 0.25) is 5.95 Å². The predicted octanol–water partition coefficient (Wildman–Crippen LogP) is 13.5. The topological polar surface area (TPSA) is 35.6 Å². The fraction of sp³-hybridized carbons (Fsp3) is 0. The molecule has 4 heteroatoms. The molecule has 0 aliphatic heterocycles. The van der Waals surface area contributed by atoms with Crippen LogP contribution in [0.15, 0.2) is 194 Å². The standard InChI is InChI=1S/C52H32N4/c1-4-18-33(19-5-1)42-32-43(34-20-6-2-7-21-34)54-52(53-42)56-45-31-17-14-28-40(45)46-36-24-10-11-25-37(36)47-48(51(46)56)38-26-12-13-27-39(38)50-49(47)41-29-15-16-30-44(41)55(50)35-22-8-3-9-23-35/h1-32H. The minimum absolute atomic E-state index is 0.642. The zero-order valence-electron chi connectivity index (χ0n) is 30.3. The number of hydrogen-bond donors (Lipinski definition) is 0. The van der Waals surface area contributed by atoms with E-state index in [1.165, 1.54) is 64.9 Å². The van der Waals surface area contributed by atoms with E-state index in [0.717, 1.165) is 39.2 Å². The Balaban J connectivity index is 1.36. The molecule has 9 aromatic carbocycles. The maximum absolute atomic E-state index is 5.44. The molecule has 4 nitrogen and oxygen atoms in total. The third-order valence-electron chi connectivity index (χ3n) is 11.5. The molecule has 0 radical (unpaired) electrons. The van der Waals surface area contributed by atoms with E-state index in [4.69, 9.17) is 9.97 Å². The molecule has 56 heavy (non-hydrogen) atoms. The third kappa shape index (κ3) is 4.35. The molecule has 0 N–H and O–H groups in total. The Morgan fingerprint density at radius 1 is 0.304 bits per heavy atom. The number of nitrogens with zero attached hydrogens (tertiary/aromatic N) is 4. The second-order valence-electron chi connectivity index (χ2n) is 14.5. The van der Waals surface area contributed by atoms with Crippen LogP contribution in [0.25, 0.3) is 110 Å². The van der Waals surface area contributed by atoms with Crippen molar-refractivity contribution in [3.63, 3.8) is 0 Å². The van der Waals surface area contributed by atoms with Crippen molar-refractivity contribution < 1.29 is 0 Å². The number of para-hydroxylation sites is 3. The molecular weight excluding hydrogens is 681 g/mol. The van der Waals surface area contributed by atoms with Crippen molar-refractivity contribution >= 4 is 75.9 Å². The third-order valence-corrected chi connectivity index (χ3v) is 11.5. The van der Waals surface area contributed by atoms with E-state index in [-0.39, 0.29) is 0 Å². The average molecular weight is 713 g/mol. The molecular formula is C52H32N4. The Morgan fingerprint density at radius 2 is 0.714 bits per heavy atom. The van der Waals surface area contributed by atoms with E-state index < -0.39 is 0 Å². The van der Waals surface area contributed by atoms with Gasteiger partial charge in [-0.3, -0.25) is 4.57 Å². The number of rotatable bonds is 4. The molecule has 0 saturated heterocycles. The summed E-state index contributed by atoms with van der Waals surface area (Å²) < 4.78 is 4.80. The lowest BCUT2D eigenvalue weighted by atomic mass is 9.90. The summed E-state index contributed by atoms with van der Waals surface area (Å²) in [5.74, 6) is 0.642. The van der Waals surface area contributed by atoms with E-state index in [9.17, 15) is 0 Å². The average Bonchev–Trinajstić information content (AvgIpc) is 3.81. The highest BCUT2D eigenvalue weighted by Gasteiger charge is 2.26. The molecule has 0 atom stereocenters. The van der Waals surface area contributed by atoms with Gasteiger partial charge in [0.25, 0.3) is 0 Å². The smallest absolute Gasteiger partial charge is 0.235 e. The number of aromatic nitrogens is 4. The van der Waals surface area contributed by atoms with E-state index in [0.29, 0.717) is 5.95 Å². The Kier molecular flexibility index (Phi) is 6.60. The second-order valence-corrected chi connectivity index (χ2v) is 14.5. The molecule has 12 rings (SSSR count). The van der Waals surface area contributed by atoms with Gasteiger partial charge >= 0.3 is 0 Å². The first-order valence-corrected chi connectivity index (χ1v) is 19.1. The van der Waals surface area contributed by atoms with Crippen molar-refractivity contribution in [3.8, 4) is 34.2 Å². The molecule has 12 aromatic rings. The summed E-state index contributed by atoms with van der Waals surface area (Å²) in [6, 6.07) is 69.3. The molecule has 0 amide bonds. The minimum Gasteiger partial charge on any atom is -0.309 e. The van der Waals surface area contributed by atoms with Gasteiger partial charge in [-0.25, -0.2) is 9.97 Å². The summed E-state index contributed by atoms with van der Waals surface area (Å²) in [5, 5.41) is 12.1. The number of fused-ring (bicyclic) bond motifs is 15. The van der Waals surface area contributed by atoms with E-state index in [1.54, 1.807) is 0 Å². The summed E-state index contributed by atoms with van der Waals surface area (Å²) in [6.45, 7) is 0. The van der Waals surface area contributed by atoms with Crippen molar-refractivity contribution in [3.05, 3.63) is 194 Å².